The number of rotatable bonds is 4. The second kappa shape index (κ2) is 4.53. The molecule has 0 amide bonds. The number of nitrogens with zero attached hydrogens (tertiary/aromatic N) is 4. The average Bonchev–Trinajstić information content (AvgIpc) is 2.37. The van der Waals surface area contributed by atoms with Crippen molar-refractivity contribution in [3.05, 3.63) is 5.69 Å². The summed E-state index contributed by atoms with van der Waals surface area (Å²) in [5, 5.41) is 4.30. The quantitative estimate of drug-likeness (QED) is 0.778. The molecule has 5 nitrogen and oxygen atoms in total. The maximum atomic E-state index is 5.97. The largest absolute Gasteiger partial charge is 0.394 e. The zero-order valence-corrected chi connectivity index (χ0v) is 10.3. The molecule has 1 rings (SSSR count). The van der Waals surface area contributed by atoms with Crippen LogP contribution in [0.15, 0.2) is 0 Å². The number of hydrogen-bond acceptors (Lipinski definition) is 4. The Morgan fingerprint density at radius 2 is 1.87 bits per heavy atom. The van der Waals surface area contributed by atoms with Crippen LogP contribution in [0.25, 0.3) is 0 Å². The molecule has 86 valence electrons. The molecule has 0 spiro atoms. The molecule has 0 radical (unpaired) electrons. The number of likely N-dealkylation sites (N-methyl/N-ethyl adjacent to an activating group) is 2. The molecule has 15 heavy (non-hydrogen) atoms. The van der Waals surface area contributed by atoms with E-state index in [1.807, 2.05) is 25.7 Å². The van der Waals surface area contributed by atoms with Gasteiger partial charge in [-0.2, -0.15) is 5.10 Å². The Labute approximate surface area is 91.5 Å². The SMILES string of the molecule is Cc1nn(C)c(N(C)CCN(C)C)c1N. The molecule has 0 saturated heterocycles. The van der Waals surface area contributed by atoms with Gasteiger partial charge in [0.1, 0.15) is 5.82 Å². The highest BCUT2D eigenvalue weighted by atomic mass is 15.4. The molecule has 5 heteroatoms. The van der Waals surface area contributed by atoms with Gasteiger partial charge in [0.2, 0.25) is 0 Å². The van der Waals surface area contributed by atoms with Crippen molar-refractivity contribution in [2.75, 3.05) is 44.9 Å². The van der Waals surface area contributed by atoms with Crippen molar-refractivity contribution in [3.63, 3.8) is 0 Å². The Bertz CT molecular complexity index is 329. The molecule has 0 unspecified atom stereocenters. The molecule has 0 aromatic carbocycles. The summed E-state index contributed by atoms with van der Waals surface area (Å²) in [5.41, 5.74) is 7.64. The van der Waals surface area contributed by atoms with E-state index in [9.17, 15) is 0 Å². The van der Waals surface area contributed by atoms with Gasteiger partial charge in [0.05, 0.1) is 11.4 Å². The van der Waals surface area contributed by atoms with Crippen LogP contribution in [0.1, 0.15) is 5.69 Å². The van der Waals surface area contributed by atoms with Gasteiger partial charge < -0.3 is 15.5 Å². The zero-order valence-electron chi connectivity index (χ0n) is 10.3. The Hall–Kier alpha value is -1.23. The molecular weight excluding hydrogens is 190 g/mol. The number of aromatic nitrogens is 2. The third kappa shape index (κ3) is 2.62. The first-order valence-corrected chi connectivity index (χ1v) is 5.08. The predicted molar refractivity (Wildman–Crippen MR) is 64.2 cm³/mol. The van der Waals surface area contributed by atoms with E-state index < -0.39 is 0 Å². The smallest absolute Gasteiger partial charge is 0.150 e. The molecule has 1 heterocycles. The third-order valence-corrected chi connectivity index (χ3v) is 2.48. The Balaban J connectivity index is 2.77. The molecular formula is C10H21N5. The summed E-state index contributed by atoms with van der Waals surface area (Å²) in [5.74, 6) is 0.995. The minimum atomic E-state index is 0.777. The van der Waals surface area contributed by atoms with E-state index in [0.29, 0.717) is 0 Å². The number of aryl methyl sites for hydroxylation is 2. The highest BCUT2D eigenvalue weighted by molar-refractivity contribution is 5.65. The van der Waals surface area contributed by atoms with Crippen LogP contribution in [0.4, 0.5) is 11.5 Å². The van der Waals surface area contributed by atoms with Gasteiger partial charge in [-0.1, -0.05) is 0 Å². The van der Waals surface area contributed by atoms with Gasteiger partial charge in [-0.05, 0) is 21.0 Å². The summed E-state index contributed by atoms with van der Waals surface area (Å²) < 4.78 is 1.83. The van der Waals surface area contributed by atoms with Gasteiger partial charge in [-0.15, -0.1) is 0 Å². The van der Waals surface area contributed by atoms with Crippen molar-refractivity contribution in [1.29, 1.82) is 0 Å². The summed E-state index contributed by atoms with van der Waals surface area (Å²) in [6.07, 6.45) is 0. The third-order valence-electron chi connectivity index (χ3n) is 2.48. The molecule has 0 aliphatic rings. The van der Waals surface area contributed by atoms with E-state index >= 15 is 0 Å². The van der Waals surface area contributed by atoms with E-state index in [1.54, 1.807) is 0 Å². The lowest BCUT2D eigenvalue weighted by molar-refractivity contribution is 0.415. The Morgan fingerprint density at radius 1 is 1.27 bits per heavy atom. The van der Waals surface area contributed by atoms with Crippen LogP contribution in [-0.4, -0.2) is 48.9 Å². The van der Waals surface area contributed by atoms with E-state index in [0.717, 1.165) is 30.3 Å². The van der Waals surface area contributed by atoms with Gasteiger partial charge in [-0.25, -0.2) is 0 Å². The van der Waals surface area contributed by atoms with Crippen LogP contribution in [0.2, 0.25) is 0 Å². The number of hydrogen-bond donors (Lipinski definition) is 1. The molecule has 0 atom stereocenters. The minimum absolute atomic E-state index is 0.777. The summed E-state index contributed by atoms with van der Waals surface area (Å²) in [6, 6.07) is 0. The molecule has 1 aromatic heterocycles. The molecule has 0 aliphatic carbocycles. The summed E-state index contributed by atoms with van der Waals surface area (Å²) in [6.45, 7) is 3.87. The monoisotopic (exact) mass is 211 g/mol. The second-order valence-electron chi connectivity index (χ2n) is 4.17. The van der Waals surface area contributed by atoms with Gasteiger partial charge in [0.15, 0.2) is 0 Å². The summed E-state index contributed by atoms with van der Waals surface area (Å²) >= 11 is 0. The average molecular weight is 211 g/mol. The van der Waals surface area contributed by atoms with E-state index in [-0.39, 0.29) is 0 Å². The lowest BCUT2D eigenvalue weighted by Gasteiger charge is -2.21. The number of anilines is 2. The maximum absolute atomic E-state index is 5.97. The first-order valence-electron chi connectivity index (χ1n) is 5.08. The van der Waals surface area contributed by atoms with Crippen molar-refractivity contribution in [3.8, 4) is 0 Å². The zero-order chi connectivity index (χ0) is 11.6. The summed E-state index contributed by atoms with van der Waals surface area (Å²) in [4.78, 5) is 4.28. The maximum Gasteiger partial charge on any atom is 0.150 e. The first kappa shape index (κ1) is 11.8. The van der Waals surface area contributed by atoms with Gasteiger partial charge in [0, 0.05) is 27.2 Å². The van der Waals surface area contributed by atoms with Crippen LogP contribution in [-0.2, 0) is 7.05 Å². The molecule has 0 aliphatic heterocycles. The molecule has 1 aromatic rings. The van der Waals surface area contributed by atoms with E-state index in [1.165, 1.54) is 0 Å². The lowest BCUT2D eigenvalue weighted by atomic mass is 10.3. The fourth-order valence-electron chi connectivity index (χ4n) is 1.57. The first-order chi connectivity index (χ1) is 6.93. The molecule has 0 saturated carbocycles. The standard InChI is InChI=1S/C10H21N5/c1-8-9(11)10(15(5)12-8)14(4)7-6-13(2)3/h6-7,11H2,1-5H3. The van der Waals surface area contributed by atoms with E-state index in [2.05, 4.69) is 29.0 Å². The fraction of sp³-hybridized carbons (Fsp3) is 0.700. The lowest BCUT2D eigenvalue weighted by Crippen LogP contribution is -2.30. The topological polar surface area (TPSA) is 50.3 Å². The highest BCUT2D eigenvalue weighted by Crippen LogP contribution is 2.23. The fourth-order valence-corrected chi connectivity index (χ4v) is 1.57. The highest BCUT2D eigenvalue weighted by Gasteiger charge is 2.13. The Morgan fingerprint density at radius 3 is 2.27 bits per heavy atom. The van der Waals surface area contributed by atoms with Gasteiger partial charge in [0.25, 0.3) is 0 Å². The van der Waals surface area contributed by atoms with E-state index in [4.69, 9.17) is 5.73 Å². The van der Waals surface area contributed by atoms with Crippen molar-refractivity contribution in [2.24, 2.45) is 7.05 Å². The van der Waals surface area contributed by atoms with Crippen LogP contribution in [0.5, 0.6) is 0 Å². The molecule has 0 bridgehead atoms. The summed E-state index contributed by atoms with van der Waals surface area (Å²) in [7, 11) is 8.08. The van der Waals surface area contributed by atoms with Crippen LogP contribution in [0.3, 0.4) is 0 Å². The van der Waals surface area contributed by atoms with Crippen LogP contribution in [0, 0.1) is 6.92 Å². The van der Waals surface area contributed by atoms with Crippen LogP contribution < -0.4 is 10.6 Å². The minimum Gasteiger partial charge on any atom is -0.394 e. The number of nitrogens with two attached hydrogens (primary N) is 1. The van der Waals surface area contributed by atoms with Gasteiger partial charge in [-0.3, -0.25) is 4.68 Å². The van der Waals surface area contributed by atoms with Crippen molar-refractivity contribution in [1.82, 2.24) is 14.7 Å². The predicted octanol–water partition coefficient (Wildman–Crippen LogP) is 0.309. The van der Waals surface area contributed by atoms with Crippen LogP contribution >= 0.6 is 0 Å². The molecule has 2 N–H and O–H groups in total. The van der Waals surface area contributed by atoms with Crippen molar-refractivity contribution < 1.29 is 0 Å². The molecule has 0 fully saturated rings. The number of nitrogen functional groups attached to an aromatic ring is 1. The normalized spacial score (nSPS) is 11.1. The second-order valence-corrected chi connectivity index (χ2v) is 4.17. The Kier molecular flexibility index (Phi) is 3.57. The van der Waals surface area contributed by atoms with Crippen molar-refractivity contribution >= 4 is 11.5 Å². The van der Waals surface area contributed by atoms with Gasteiger partial charge >= 0.3 is 0 Å². The van der Waals surface area contributed by atoms with Crippen molar-refractivity contribution in [2.45, 2.75) is 6.92 Å².